The van der Waals surface area contributed by atoms with E-state index in [9.17, 15) is 18.3 Å². The quantitative estimate of drug-likeness (QED) is 0.231. The number of benzene rings is 3. The molecule has 0 radical (unpaired) electrons. The van der Waals surface area contributed by atoms with Crippen molar-refractivity contribution in [2.75, 3.05) is 5.75 Å². The summed E-state index contributed by atoms with van der Waals surface area (Å²) in [5.74, 6) is 0.699. The Labute approximate surface area is 238 Å². The molecule has 0 saturated carbocycles. The Hall–Kier alpha value is -4.16. The number of rotatable bonds is 5. The molecule has 0 saturated heterocycles. The maximum Gasteiger partial charge on any atom is 0.573 e. The predicted octanol–water partition coefficient (Wildman–Crippen LogP) is 6.01. The third-order valence-corrected chi connectivity index (χ3v) is 8.23. The SMILES string of the molecule is Cc1ccc2c(c1)[N+]1=C(SCC1(C)O)N(/N=C/c1ccc(-c3ncn(-c4ccc(OC(F)(F)F)cc4)n3)cc1)C2C. The highest BCUT2D eigenvalue weighted by Crippen LogP contribution is 2.44. The van der Waals surface area contributed by atoms with Crippen molar-refractivity contribution in [3.63, 3.8) is 0 Å². The molecule has 1 aromatic heterocycles. The number of halogens is 3. The molecule has 2 aliphatic heterocycles. The van der Waals surface area contributed by atoms with Crippen LogP contribution in [0.3, 0.4) is 0 Å². The number of aromatic nitrogens is 3. The Bertz CT molecular complexity index is 1660. The van der Waals surface area contributed by atoms with Crippen molar-refractivity contribution >= 4 is 28.8 Å². The molecule has 2 aliphatic rings. The van der Waals surface area contributed by atoms with Gasteiger partial charge in [-0.2, -0.15) is 4.58 Å². The Kier molecular flexibility index (Phi) is 6.62. The van der Waals surface area contributed by atoms with Crippen molar-refractivity contribution in [3.05, 3.63) is 89.7 Å². The van der Waals surface area contributed by atoms with Crippen LogP contribution in [0.25, 0.3) is 17.1 Å². The van der Waals surface area contributed by atoms with Crippen LogP contribution in [0.1, 0.15) is 36.6 Å². The summed E-state index contributed by atoms with van der Waals surface area (Å²) in [4.78, 5) is 4.34. The van der Waals surface area contributed by atoms with E-state index in [-0.39, 0.29) is 11.8 Å². The molecule has 6 rings (SSSR count). The van der Waals surface area contributed by atoms with Crippen molar-refractivity contribution in [2.24, 2.45) is 5.10 Å². The number of nitrogens with zero attached hydrogens (tertiary/aromatic N) is 6. The van der Waals surface area contributed by atoms with E-state index in [1.165, 1.54) is 35.3 Å². The van der Waals surface area contributed by atoms with Crippen LogP contribution in [0, 0.1) is 6.92 Å². The van der Waals surface area contributed by atoms with Crippen LogP contribution in [-0.2, 0) is 0 Å². The van der Waals surface area contributed by atoms with E-state index in [2.05, 4.69) is 39.9 Å². The average Bonchev–Trinajstić information content (AvgIpc) is 3.53. The van der Waals surface area contributed by atoms with Gasteiger partial charge in [0.2, 0.25) is 5.72 Å². The second-order valence-corrected chi connectivity index (χ2v) is 11.1. The number of thioether (sulfide) groups is 1. The maximum absolute atomic E-state index is 12.4. The number of amidine groups is 1. The van der Waals surface area contributed by atoms with E-state index < -0.39 is 12.1 Å². The standard InChI is InChI=1S/C29H26F3N6O2S/c1-18-4-13-24-19(2)38(27-37(25(24)14-18)28(3,39)16-41-27)34-15-20-5-7-21(8-6-20)26-33-17-36(35-26)22-9-11-23(12-10-22)40-29(30,31)32/h4-15,17,19,39H,16H2,1-3H3/q+1/b34-15+. The van der Waals surface area contributed by atoms with Gasteiger partial charge in [0.25, 0.3) is 0 Å². The van der Waals surface area contributed by atoms with Gasteiger partial charge in [-0.25, -0.2) is 9.67 Å². The molecule has 2 atom stereocenters. The molecule has 4 aromatic rings. The number of aryl methyl sites for hydroxylation is 1. The van der Waals surface area contributed by atoms with Gasteiger partial charge in [-0.05, 0) is 67.1 Å². The van der Waals surface area contributed by atoms with Gasteiger partial charge in [-0.15, -0.1) is 23.3 Å². The highest BCUT2D eigenvalue weighted by atomic mass is 32.2. The highest BCUT2D eigenvalue weighted by Gasteiger charge is 2.50. The minimum atomic E-state index is -4.75. The third kappa shape index (κ3) is 5.32. The van der Waals surface area contributed by atoms with Gasteiger partial charge in [0.15, 0.2) is 11.9 Å². The zero-order valence-corrected chi connectivity index (χ0v) is 23.2. The molecular formula is C29H26F3N6O2S+. The van der Waals surface area contributed by atoms with E-state index >= 15 is 0 Å². The van der Waals surface area contributed by atoms with Gasteiger partial charge < -0.3 is 9.84 Å². The van der Waals surface area contributed by atoms with Crippen molar-refractivity contribution < 1.29 is 27.6 Å². The molecule has 3 heterocycles. The molecule has 8 nitrogen and oxygen atoms in total. The van der Waals surface area contributed by atoms with Gasteiger partial charge in [0.05, 0.1) is 17.7 Å². The molecule has 0 fully saturated rings. The van der Waals surface area contributed by atoms with Crippen molar-refractivity contribution in [1.82, 2.24) is 19.8 Å². The Morgan fingerprint density at radius 2 is 1.85 bits per heavy atom. The smallest absolute Gasteiger partial charge is 0.406 e. The van der Waals surface area contributed by atoms with Gasteiger partial charge >= 0.3 is 11.5 Å². The van der Waals surface area contributed by atoms with Crippen LogP contribution < -0.4 is 4.74 Å². The number of hydrazone groups is 1. The molecule has 0 bridgehead atoms. The lowest BCUT2D eigenvalue weighted by Gasteiger charge is -2.29. The van der Waals surface area contributed by atoms with Crippen molar-refractivity contribution in [1.29, 1.82) is 0 Å². The van der Waals surface area contributed by atoms with E-state index in [1.807, 2.05) is 47.7 Å². The number of ether oxygens (including phenoxy) is 1. The summed E-state index contributed by atoms with van der Waals surface area (Å²) in [5.41, 5.74) is 4.41. The van der Waals surface area contributed by atoms with Gasteiger partial charge in [-0.1, -0.05) is 41.5 Å². The monoisotopic (exact) mass is 579 g/mol. The fourth-order valence-electron chi connectivity index (χ4n) is 4.88. The Morgan fingerprint density at radius 3 is 2.56 bits per heavy atom. The number of aliphatic hydroxyl groups is 1. The topological polar surface area (TPSA) is 78.8 Å². The number of fused-ring (bicyclic) bond motifs is 2. The molecule has 0 amide bonds. The first-order valence-electron chi connectivity index (χ1n) is 12.8. The third-order valence-electron chi connectivity index (χ3n) is 6.91. The summed E-state index contributed by atoms with van der Waals surface area (Å²) in [6.45, 7) is 5.97. The van der Waals surface area contributed by atoms with Gasteiger partial charge in [0.1, 0.15) is 17.8 Å². The minimum Gasteiger partial charge on any atom is -0.406 e. The summed E-state index contributed by atoms with van der Waals surface area (Å²) in [7, 11) is 0. The van der Waals surface area contributed by atoms with E-state index in [4.69, 9.17) is 5.10 Å². The Morgan fingerprint density at radius 1 is 1.12 bits per heavy atom. The molecule has 0 spiro atoms. The van der Waals surface area contributed by atoms with Crippen LogP contribution in [0.15, 0.2) is 78.2 Å². The molecule has 41 heavy (non-hydrogen) atoms. The second-order valence-electron chi connectivity index (χ2n) is 10.1. The number of alkyl halides is 3. The van der Waals surface area contributed by atoms with E-state index in [0.717, 1.165) is 33.1 Å². The number of hydrogen-bond acceptors (Lipinski definition) is 7. The molecule has 2 unspecified atom stereocenters. The van der Waals surface area contributed by atoms with E-state index in [1.54, 1.807) is 18.0 Å². The molecular weight excluding hydrogens is 553 g/mol. The molecule has 1 N–H and O–H groups in total. The summed E-state index contributed by atoms with van der Waals surface area (Å²) < 4.78 is 44.6. The first-order chi connectivity index (χ1) is 19.5. The minimum absolute atomic E-state index is 0.0176. The fraction of sp³-hybridized carbons (Fsp3) is 0.241. The Balaban J connectivity index is 1.20. The maximum atomic E-state index is 12.4. The lowest BCUT2D eigenvalue weighted by Crippen LogP contribution is -2.43. The van der Waals surface area contributed by atoms with Crippen LogP contribution in [-0.4, -0.2) is 58.7 Å². The second kappa shape index (κ2) is 10.0. The summed E-state index contributed by atoms with van der Waals surface area (Å²) in [5, 5.41) is 23.2. The first kappa shape index (κ1) is 27.0. The summed E-state index contributed by atoms with van der Waals surface area (Å²) in [6.07, 6.45) is -1.46. The fourth-order valence-corrected chi connectivity index (χ4v) is 6.18. The lowest BCUT2D eigenvalue weighted by molar-refractivity contribution is -0.581. The van der Waals surface area contributed by atoms with Crippen molar-refractivity contribution in [3.8, 4) is 22.8 Å². The van der Waals surface area contributed by atoms with Crippen molar-refractivity contribution in [2.45, 2.75) is 38.9 Å². The van der Waals surface area contributed by atoms with Gasteiger partial charge in [0, 0.05) is 18.1 Å². The zero-order chi connectivity index (χ0) is 28.9. The molecule has 3 aromatic carbocycles. The van der Waals surface area contributed by atoms with Crippen LogP contribution in [0.2, 0.25) is 0 Å². The number of hydrogen-bond donors (Lipinski definition) is 1. The average molecular weight is 580 g/mol. The molecule has 12 heteroatoms. The zero-order valence-electron chi connectivity index (χ0n) is 22.4. The molecule has 210 valence electrons. The molecule has 0 aliphatic carbocycles. The normalized spacial score (nSPS) is 20.5. The highest BCUT2D eigenvalue weighted by molar-refractivity contribution is 8.13. The first-order valence-corrected chi connectivity index (χ1v) is 13.8. The van der Waals surface area contributed by atoms with Crippen LogP contribution >= 0.6 is 11.8 Å². The lowest BCUT2D eigenvalue weighted by atomic mass is 10.0. The summed E-state index contributed by atoms with van der Waals surface area (Å²) in [6, 6.07) is 19.3. The van der Waals surface area contributed by atoms with Gasteiger partial charge in [-0.3, -0.25) is 0 Å². The largest absolute Gasteiger partial charge is 0.573 e. The predicted molar refractivity (Wildman–Crippen MR) is 151 cm³/mol. The van der Waals surface area contributed by atoms with E-state index in [0.29, 0.717) is 17.3 Å². The van der Waals surface area contributed by atoms with Crippen LogP contribution in [0.4, 0.5) is 18.9 Å². The van der Waals surface area contributed by atoms with Crippen LogP contribution in [0.5, 0.6) is 5.75 Å². The summed E-state index contributed by atoms with van der Waals surface area (Å²) >= 11 is 1.58.